The summed E-state index contributed by atoms with van der Waals surface area (Å²) in [6.45, 7) is 15.8. The lowest BCUT2D eigenvalue weighted by molar-refractivity contribution is 0.0397. The maximum Gasteiger partial charge on any atom is 0.123 e. The topological polar surface area (TPSA) is 45.1 Å². The van der Waals surface area contributed by atoms with Crippen molar-refractivity contribution >= 4 is 6.21 Å². The molecule has 0 radical (unpaired) electrons. The molecular weight excluding hydrogens is 288 g/mol. The molecule has 1 aliphatic rings. The van der Waals surface area contributed by atoms with Gasteiger partial charge in [0, 0.05) is 11.1 Å². The monoisotopic (exact) mass is 318 g/mol. The summed E-state index contributed by atoms with van der Waals surface area (Å²) in [6, 6.07) is 4.10. The fourth-order valence-corrected chi connectivity index (χ4v) is 2.69. The Morgan fingerprint density at radius 2 is 1.48 bits per heavy atom. The zero-order valence-electron chi connectivity index (χ0n) is 15.3. The zero-order chi connectivity index (χ0) is 17.3. The molecule has 0 unspecified atom stereocenters. The van der Waals surface area contributed by atoms with Crippen molar-refractivity contribution in [2.75, 3.05) is 26.3 Å². The first-order chi connectivity index (χ1) is 10.6. The summed E-state index contributed by atoms with van der Waals surface area (Å²) < 4.78 is 5.35. The molecule has 0 bridgehead atoms. The molecule has 1 aromatic carbocycles. The molecule has 4 nitrogen and oxygen atoms in total. The van der Waals surface area contributed by atoms with Gasteiger partial charge in [-0.05, 0) is 28.5 Å². The number of benzene rings is 1. The Morgan fingerprint density at radius 1 is 1.00 bits per heavy atom. The molecule has 128 valence electrons. The standard InChI is InChI=1S/C19H30N2O2/c1-18(2,3)15-11-14(12-16(17(15)22)19(4,5)6)13-20-21-7-9-23-10-8-21/h11-13,22H,7-10H2,1-6H3/b20-13-. The van der Waals surface area contributed by atoms with E-state index in [2.05, 4.69) is 58.8 Å². The molecule has 1 aliphatic heterocycles. The van der Waals surface area contributed by atoms with Gasteiger partial charge in [0.25, 0.3) is 0 Å². The normalized spacial score (nSPS) is 17.0. The van der Waals surface area contributed by atoms with Gasteiger partial charge in [0.15, 0.2) is 0 Å². The second-order valence-electron chi connectivity index (χ2n) is 8.28. The van der Waals surface area contributed by atoms with E-state index in [1.54, 1.807) is 0 Å². The zero-order valence-corrected chi connectivity index (χ0v) is 15.3. The predicted molar refractivity (Wildman–Crippen MR) is 95.5 cm³/mol. The van der Waals surface area contributed by atoms with Crippen LogP contribution in [0.3, 0.4) is 0 Å². The predicted octanol–water partition coefficient (Wildman–Crippen LogP) is 3.65. The molecule has 0 saturated carbocycles. The van der Waals surface area contributed by atoms with Crippen molar-refractivity contribution in [2.24, 2.45) is 5.10 Å². The number of aromatic hydroxyl groups is 1. The highest BCUT2D eigenvalue weighted by Crippen LogP contribution is 2.39. The number of hydrazone groups is 1. The van der Waals surface area contributed by atoms with Crippen LogP contribution in [0.5, 0.6) is 5.75 Å². The molecule has 1 N–H and O–H groups in total. The van der Waals surface area contributed by atoms with Crippen LogP contribution in [0.2, 0.25) is 0 Å². The maximum absolute atomic E-state index is 10.7. The lowest BCUT2D eigenvalue weighted by Gasteiger charge is -2.28. The van der Waals surface area contributed by atoms with Gasteiger partial charge < -0.3 is 9.84 Å². The average molecular weight is 318 g/mol. The van der Waals surface area contributed by atoms with E-state index >= 15 is 0 Å². The highest BCUT2D eigenvalue weighted by atomic mass is 16.5. The highest BCUT2D eigenvalue weighted by Gasteiger charge is 2.26. The number of phenolic OH excluding ortho intramolecular Hbond substituents is 1. The van der Waals surface area contributed by atoms with E-state index in [1.807, 2.05) is 11.2 Å². The Bertz CT molecular complexity index is 539. The number of ether oxygens (including phenoxy) is 1. The molecule has 1 saturated heterocycles. The fraction of sp³-hybridized carbons (Fsp3) is 0.632. The molecule has 1 heterocycles. The van der Waals surface area contributed by atoms with Crippen LogP contribution in [0.15, 0.2) is 17.2 Å². The second kappa shape index (κ2) is 6.52. The molecule has 0 atom stereocenters. The first-order valence-corrected chi connectivity index (χ1v) is 8.33. The molecule has 23 heavy (non-hydrogen) atoms. The van der Waals surface area contributed by atoms with Crippen LogP contribution >= 0.6 is 0 Å². The van der Waals surface area contributed by atoms with Crippen LogP contribution in [-0.2, 0) is 15.6 Å². The third-order valence-electron chi connectivity index (χ3n) is 4.11. The third-order valence-corrected chi connectivity index (χ3v) is 4.11. The molecule has 4 heteroatoms. The lowest BCUT2D eigenvalue weighted by atomic mass is 9.78. The van der Waals surface area contributed by atoms with Gasteiger partial charge in [-0.25, -0.2) is 0 Å². The van der Waals surface area contributed by atoms with Gasteiger partial charge in [-0.1, -0.05) is 41.5 Å². The average Bonchev–Trinajstić information content (AvgIpc) is 2.44. The van der Waals surface area contributed by atoms with Crippen LogP contribution in [0, 0.1) is 0 Å². The Balaban J connectivity index is 2.41. The minimum absolute atomic E-state index is 0.118. The van der Waals surface area contributed by atoms with E-state index in [0.717, 1.165) is 43.0 Å². The Labute approximate surface area is 140 Å². The Morgan fingerprint density at radius 3 is 1.91 bits per heavy atom. The second-order valence-corrected chi connectivity index (χ2v) is 8.28. The number of rotatable bonds is 2. The smallest absolute Gasteiger partial charge is 0.123 e. The van der Waals surface area contributed by atoms with E-state index in [0.29, 0.717) is 5.75 Å². The van der Waals surface area contributed by atoms with Crippen molar-refractivity contribution in [3.8, 4) is 5.75 Å². The van der Waals surface area contributed by atoms with Crippen molar-refractivity contribution in [2.45, 2.75) is 52.4 Å². The van der Waals surface area contributed by atoms with Crippen molar-refractivity contribution in [1.29, 1.82) is 0 Å². The Kier molecular flexibility index (Phi) is 5.04. The number of morpholine rings is 1. The highest BCUT2D eigenvalue weighted by molar-refractivity contribution is 5.81. The summed E-state index contributed by atoms with van der Waals surface area (Å²) in [5.41, 5.74) is 2.73. The van der Waals surface area contributed by atoms with Gasteiger partial charge in [-0.2, -0.15) is 5.10 Å². The van der Waals surface area contributed by atoms with Gasteiger partial charge in [-0.15, -0.1) is 0 Å². The first kappa shape index (κ1) is 17.8. The minimum atomic E-state index is -0.118. The van der Waals surface area contributed by atoms with Crippen molar-refractivity contribution < 1.29 is 9.84 Å². The summed E-state index contributed by atoms with van der Waals surface area (Å²) in [5, 5.41) is 17.3. The third kappa shape index (κ3) is 4.47. The summed E-state index contributed by atoms with van der Waals surface area (Å²) in [5.74, 6) is 0.411. The van der Waals surface area contributed by atoms with Crippen LogP contribution in [0.1, 0.15) is 58.2 Å². The first-order valence-electron chi connectivity index (χ1n) is 8.33. The summed E-state index contributed by atoms with van der Waals surface area (Å²) in [4.78, 5) is 0. The molecule has 1 fully saturated rings. The van der Waals surface area contributed by atoms with Gasteiger partial charge >= 0.3 is 0 Å². The van der Waals surface area contributed by atoms with E-state index in [-0.39, 0.29) is 10.8 Å². The molecule has 0 amide bonds. The largest absolute Gasteiger partial charge is 0.507 e. The van der Waals surface area contributed by atoms with Gasteiger partial charge in [-0.3, -0.25) is 5.01 Å². The van der Waals surface area contributed by atoms with Gasteiger partial charge in [0.1, 0.15) is 5.75 Å². The fourth-order valence-electron chi connectivity index (χ4n) is 2.69. The van der Waals surface area contributed by atoms with Crippen LogP contribution in [-0.4, -0.2) is 42.6 Å². The van der Waals surface area contributed by atoms with Crippen molar-refractivity contribution in [1.82, 2.24) is 5.01 Å². The minimum Gasteiger partial charge on any atom is -0.507 e. The van der Waals surface area contributed by atoms with Gasteiger partial charge in [0.2, 0.25) is 0 Å². The number of hydrogen-bond acceptors (Lipinski definition) is 4. The number of hydrogen-bond donors (Lipinski definition) is 1. The van der Waals surface area contributed by atoms with E-state index in [4.69, 9.17) is 4.74 Å². The molecule has 0 spiro atoms. The van der Waals surface area contributed by atoms with Crippen LogP contribution < -0.4 is 0 Å². The van der Waals surface area contributed by atoms with Crippen molar-refractivity contribution in [3.05, 3.63) is 28.8 Å². The van der Waals surface area contributed by atoms with Crippen LogP contribution in [0.25, 0.3) is 0 Å². The number of nitrogens with zero attached hydrogens (tertiary/aromatic N) is 2. The summed E-state index contributed by atoms with van der Waals surface area (Å²) in [6.07, 6.45) is 1.90. The summed E-state index contributed by atoms with van der Waals surface area (Å²) >= 11 is 0. The molecule has 0 aliphatic carbocycles. The quantitative estimate of drug-likeness (QED) is 0.847. The lowest BCUT2D eigenvalue weighted by Crippen LogP contribution is -2.32. The molecule has 1 aromatic rings. The van der Waals surface area contributed by atoms with Crippen molar-refractivity contribution in [3.63, 3.8) is 0 Å². The maximum atomic E-state index is 10.7. The Hall–Kier alpha value is -1.55. The van der Waals surface area contributed by atoms with Crippen LogP contribution in [0.4, 0.5) is 0 Å². The van der Waals surface area contributed by atoms with E-state index in [9.17, 15) is 5.11 Å². The molecule has 2 rings (SSSR count). The summed E-state index contributed by atoms with van der Waals surface area (Å²) in [7, 11) is 0. The van der Waals surface area contributed by atoms with E-state index < -0.39 is 0 Å². The molecule has 0 aromatic heterocycles. The number of phenols is 1. The van der Waals surface area contributed by atoms with E-state index in [1.165, 1.54) is 0 Å². The molecular formula is C19H30N2O2. The SMILES string of the molecule is CC(C)(C)c1cc(/C=N\N2CCOCC2)cc(C(C)(C)C)c1O. The van der Waals surface area contributed by atoms with Gasteiger partial charge in [0.05, 0.1) is 32.5 Å².